The molecule has 0 aliphatic rings. The van der Waals surface area contributed by atoms with Gasteiger partial charge in [-0.25, -0.2) is 4.98 Å². The van der Waals surface area contributed by atoms with Crippen LogP contribution >= 0.6 is 11.6 Å². The number of methoxy groups -OCH3 is 2. The van der Waals surface area contributed by atoms with Crippen molar-refractivity contribution in [3.8, 4) is 5.88 Å². The summed E-state index contributed by atoms with van der Waals surface area (Å²) in [6.07, 6.45) is 2.23. The van der Waals surface area contributed by atoms with E-state index < -0.39 is 0 Å². The van der Waals surface area contributed by atoms with Gasteiger partial charge in [-0.15, -0.1) is 11.6 Å². The smallest absolute Gasteiger partial charge is 0.216 e. The first-order chi connectivity index (χ1) is 6.76. The number of alkyl halides is 1. The van der Waals surface area contributed by atoms with Gasteiger partial charge >= 0.3 is 0 Å². The van der Waals surface area contributed by atoms with Crippen LogP contribution in [0.25, 0.3) is 0 Å². The normalized spacial score (nSPS) is 12.5. The Hall–Kier alpha value is -0.870. The standard InChI is InChI=1S/C9H13ClN2O2/c1-13-6-7(10)5-8-11-4-3-9(12-8)14-2/h3-4,7H,5-6H2,1-2H3. The molecule has 0 radical (unpaired) electrons. The van der Waals surface area contributed by atoms with Gasteiger partial charge in [0.05, 0.1) is 19.1 Å². The molecule has 1 rings (SSSR count). The average Bonchev–Trinajstić information content (AvgIpc) is 2.18. The highest BCUT2D eigenvalue weighted by Gasteiger charge is 2.08. The summed E-state index contributed by atoms with van der Waals surface area (Å²) in [6.45, 7) is 0.488. The molecule has 4 nitrogen and oxygen atoms in total. The van der Waals surface area contributed by atoms with E-state index in [0.717, 1.165) is 0 Å². The van der Waals surface area contributed by atoms with Crippen LogP contribution in [0.15, 0.2) is 12.3 Å². The summed E-state index contributed by atoms with van der Waals surface area (Å²) in [5.41, 5.74) is 0. The van der Waals surface area contributed by atoms with Crippen molar-refractivity contribution in [2.45, 2.75) is 11.8 Å². The second kappa shape index (κ2) is 5.78. The zero-order chi connectivity index (χ0) is 10.4. The fraction of sp³-hybridized carbons (Fsp3) is 0.556. The summed E-state index contributed by atoms with van der Waals surface area (Å²) in [4.78, 5) is 8.22. The second-order valence-electron chi connectivity index (χ2n) is 2.77. The van der Waals surface area contributed by atoms with Crippen LogP contribution in [0.1, 0.15) is 5.82 Å². The zero-order valence-corrected chi connectivity index (χ0v) is 8.99. The minimum atomic E-state index is -0.105. The second-order valence-corrected chi connectivity index (χ2v) is 3.39. The SMILES string of the molecule is COCC(Cl)Cc1nccc(OC)n1. The van der Waals surface area contributed by atoms with Crippen molar-refractivity contribution in [1.82, 2.24) is 9.97 Å². The summed E-state index contributed by atoms with van der Waals surface area (Å²) in [5, 5.41) is -0.105. The minimum Gasteiger partial charge on any atom is -0.481 e. The van der Waals surface area contributed by atoms with Crippen LogP contribution in [0.3, 0.4) is 0 Å². The van der Waals surface area contributed by atoms with Gasteiger partial charge in [0.25, 0.3) is 0 Å². The van der Waals surface area contributed by atoms with Crippen molar-refractivity contribution < 1.29 is 9.47 Å². The van der Waals surface area contributed by atoms with Crippen LogP contribution < -0.4 is 4.74 Å². The molecule has 1 aromatic heterocycles. The van der Waals surface area contributed by atoms with Gasteiger partial charge < -0.3 is 9.47 Å². The van der Waals surface area contributed by atoms with Crippen molar-refractivity contribution in [3.05, 3.63) is 18.1 Å². The lowest BCUT2D eigenvalue weighted by Gasteiger charge is -2.07. The first-order valence-corrected chi connectivity index (χ1v) is 4.69. The largest absolute Gasteiger partial charge is 0.481 e. The van der Waals surface area contributed by atoms with E-state index in [-0.39, 0.29) is 5.38 Å². The Balaban J connectivity index is 2.57. The maximum Gasteiger partial charge on any atom is 0.216 e. The van der Waals surface area contributed by atoms with Gasteiger partial charge in [0.1, 0.15) is 5.82 Å². The van der Waals surface area contributed by atoms with Gasteiger partial charge in [0.2, 0.25) is 5.88 Å². The van der Waals surface area contributed by atoms with E-state index in [2.05, 4.69) is 9.97 Å². The Labute approximate surface area is 88.2 Å². The van der Waals surface area contributed by atoms with E-state index >= 15 is 0 Å². The molecule has 0 fully saturated rings. The number of halogens is 1. The molecule has 5 heteroatoms. The third-order valence-electron chi connectivity index (χ3n) is 1.64. The highest BCUT2D eigenvalue weighted by Crippen LogP contribution is 2.08. The number of ether oxygens (including phenoxy) is 2. The molecule has 0 aromatic carbocycles. The first kappa shape index (κ1) is 11.2. The lowest BCUT2D eigenvalue weighted by atomic mass is 10.3. The molecule has 0 N–H and O–H groups in total. The molecule has 0 amide bonds. The lowest BCUT2D eigenvalue weighted by molar-refractivity contribution is 0.197. The van der Waals surface area contributed by atoms with Crippen molar-refractivity contribution in [2.24, 2.45) is 0 Å². The monoisotopic (exact) mass is 216 g/mol. The molecule has 0 aliphatic heterocycles. The molecule has 78 valence electrons. The van der Waals surface area contributed by atoms with Crippen LogP contribution in [0, 0.1) is 0 Å². The Morgan fingerprint density at radius 2 is 2.29 bits per heavy atom. The Morgan fingerprint density at radius 3 is 2.93 bits per heavy atom. The molecular formula is C9H13ClN2O2. The van der Waals surface area contributed by atoms with E-state index in [1.54, 1.807) is 26.5 Å². The minimum absolute atomic E-state index is 0.105. The Kier molecular flexibility index (Phi) is 4.62. The number of hydrogen-bond donors (Lipinski definition) is 0. The molecule has 1 aromatic rings. The number of aromatic nitrogens is 2. The fourth-order valence-electron chi connectivity index (χ4n) is 1.03. The van der Waals surface area contributed by atoms with Gasteiger partial charge in [-0.1, -0.05) is 0 Å². The van der Waals surface area contributed by atoms with Crippen molar-refractivity contribution in [3.63, 3.8) is 0 Å². The fourth-order valence-corrected chi connectivity index (χ4v) is 1.29. The predicted octanol–water partition coefficient (Wildman–Crippen LogP) is 1.28. The van der Waals surface area contributed by atoms with Crippen molar-refractivity contribution in [2.75, 3.05) is 20.8 Å². The Bertz CT molecular complexity index is 283. The first-order valence-electron chi connectivity index (χ1n) is 4.25. The Morgan fingerprint density at radius 1 is 1.50 bits per heavy atom. The maximum atomic E-state index is 5.97. The molecule has 0 spiro atoms. The van der Waals surface area contributed by atoms with E-state index in [1.807, 2.05) is 0 Å². The molecule has 14 heavy (non-hydrogen) atoms. The highest BCUT2D eigenvalue weighted by molar-refractivity contribution is 6.20. The zero-order valence-electron chi connectivity index (χ0n) is 8.24. The molecule has 0 bridgehead atoms. The summed E-state index contributed by atoms with van der Waals surface area (Å²) >= 11 is 5.97. The number of hydrogen-bond acceptors (Lipinski definition) is 4. The van der Waals surface area contributed by atoms with Crippen LogP contribution in [-0.2, 0) is 11.2 Å². The number of rotatable bonds is 5. The van der Waals surface area contributed by atoms with Crippen LogP contribution in [0.2, 0.25) is 0 Å². The third-order valence-corrected chi connectivity index (χ3v) is 1.92. The summed E-state index contributed by atoms with van der Waals surface area (Å²) in [5.74, 6) is 1.22. The molecule has 1 heterocycles. The molecule has 0 saturated heterocycles. The molecular weight excluding hydrogens is 204 g/mol. The maximum absolute atomic E-state index is 5.97. The quantitative estimate of drug-likeness (QED) is 0.696. The number of nitrogens with zero attached hydrogens (tertiary/aromatic N) is 2. The summed E-state index contributed by atoms with van der Waals surface area (Å²) < 4.78 is 9.88. The lowest BCUT2D eigenvalue weighted by Crippen LogP contribution is -2.12. The molecule has 0 saturated carbocycles. The van der Waals surface area contributed by atoms with E-state index in [1.165, 1.54) is 0 Å². The highest BCUT2D eigenvalue weighted by atomic mass is 35.5. The summed E-state index contributed by atoms with van der Waals surface area (Å²) in [6, 6.07) is 1.70. The van der Waals surface area contributed by atoms with Crippen molar-refractivity contribution in [1.29, 1.82) is 0 Å². The van der Waals surface area contributed by atoms with Gasteiger partial charge in [-0.05, 0) is 0 Å². The van der Waals surface area contributed by atoms with Crippen LogP contribution in [0.4, 0.5) is 0 Å². The van der Waals surface area contributed by atoms with Crippen LogP contribution in [-0.4, -0.2) is 36.2 Å². The average molecular weight is 217 g/mol. The van der Waals surface area contributed by atoms with E-state index in [4.69, 9.17) is 21.1 Å². The topological polar surface area (TPSA) is 44.2 Å². The third kappa shape index (κ3) is 3.47. The van der Waals surface area contributed by atoms with Gasteiger partial charge in [-0.2, -0.15) is 4.98 Å². The predicted molar refractivity (Wildman–Crippen MR) is 53.8 cm³/mol. The van der Waals surface area contributed by atoms with Gasteiger partial charge in [0.15, 0.2) is 0 Å². The van der Waals surface area contributed by atoms with Gasteiger partial charge in [-0.3, -0.25) is 0 Å². The molecule has 1 atom stereocenters. The van der Waals surface area contributed by atoms with E-state index in [0.29, 0.717) is 24.7 Å². The van der Waals surface area contributed by atoms with Gasteiger partial charge in [0, 0.05) is 25.8 Å². The summed E-state index contributed by atoms with van der Waals surface area (Å²) in [7, 11) is 3.18. The van der Waals surface area contributed by atoms with E-state index in [9.17, 15) is 0 Å². The van der Waals surface area contributed by atoms with Crippen LogP contribution in [0.5, 0.6) is 5.88 Å². The van der Waals surface area contributed by atoms with Crippen molar-refractivity contribution >= 4 is 11.6 Å². The molecule has 1 unspecified atom stereocenters. The molecule has 0 aliphatic carbocycles.